The van der Waals surface area contributed by atoms with E-state index in [1.807, 2.05) is 24.3 Å². The predicted octanol–water partition coefficient (Wildman–Crippen LogP) is 11.7. The normalized spacial score (nSPS) is 14.6. The molecule has 1 heterocycles. The minimum Gasteiger partial charge on any atom is -0.321 e. The van der Waals surface area contributed by atoms with Crippen molar-refractivity contribution in [1.82, 2.24) is 4.57 Å². The van der Waals surface area contributed by atoms with Gasteiger partial charge in [0.15, 0.2) is 0 Å². The number of hydrogen-bond acceptors (Lipinski definition) is 2. The highest BCUT2D eigenvalue weighted by Gasteiger charge is 2.37. The number of fused-ring (bicyclic) bond motifs is 7. The van der Waals surface area contributed by atoms with Gasteiger partial charge < -0.3 is 10.3 Å². The van der Waals surface area contributed by atoms with E-state index in [1.54, 1.807) is 0 Å². The third-order valence-corrected chi connectivity index (χ3v) is 11.1. The van der Waals surface area contributed by atoms with Gasteiger partial charge in [0.05, 0.1) is 22.7 Å². The molecule has 0 amide bonds. The van der Waals surface area contributed by atoms with Crippen molar-refractivity contribution in [3.05, 3.63) is 179 Å². The van der Waals surface area contributed by atoms with Crippen LogP contribution in [0.25, 0.3) is 44.2 Å². The second kappa shape index (κ2) is 13.2. The summed E-state index contributed by atoms with van der Waals surface area (Å²) >= 11 is 0. The lowest BCUT2D eigenvalue weighted by Gasteiger charge is -2.22. The van der Waals surface area contributed by atoms with E-state index < -0.39 is 0 Å². The molecule has 1 aliphatic rings. The van der Waals surface area contributed by atoms with Gasteiger partial charge in [-0.05, 0) is 106 Å². The van der Waals surface area contributed by atoms with E-state index in [2.05, 4.69) is 153 Å². The average molecular weight is 662 g/mol. The van der Waals surface area contributed by atoms with Crippen LogP contribution in [-0.4, -0.2) is 4.57 Å². The van der Waals surface area contributed by atoms with E-state index in [1.165, 1.54) is 66.4 Å². The SMILES string of the molecule is CCC(CCc1cccc(-n2c3ccccc3c3c4c(ccc32)C(C)(C)c2ccccc2-4)c1)/C(=C\C(N)c1cccc(C#N)c1)c1ccccc1. The lowest BCUT2D eigenvalue weighted by Crippen LogP contribution is -2.14. The maximum absolute atomic E-state index is 9.48. The second-order valence-electron chi connectivity index (χ2n) is 14.5. The van der Waals surface area contributed by atoms with Crippen molar-refractivity contribution in [3.63, 3.8) is 0 Å². The molecule has 2 atom stereocenters. The zero-order valence-corrected chi connectivity index (χ0v) is 29.6. The summed E-state index contributed by atoms with van der Waals surface area (Å²) in [6, 6.07) is 51.9. The molecule has 0 bridgehead atoms. The van der Waals surface area contributed by atoms with Gasteiger partial charge in [-0.25, -0.2) is 0 Å². The molecule has 1 aromatic heterocycles. The monoisotopic (exact) mass is 661 g/mol. The number of aryl methyl sites for hydroxylation is 1. The number of hydrogen-bond donors (Lipinski definition) is 1. The molecule has 0 saturated heterocycles. The molecule has 0 spiro atoms. The molecule has 8 rings (SSSR count). The number of nitriles is 1. The van der Waals surface area contributed by atoms with E-state index >= 15 is 0 Å². The van der Waals surface area contributed by atoms with Crippen LogP contribution in [0.5, 0.6) is 0 Å². The molecule has 51 heavy (non-hydrogen) atoms. The standard InChI is InChI=1S/C48H43N3/c1-4-34(40(35-16-6-5-7-17-35)30-43(50)36-18-12-15-33(28-36)31-49)25-24-32-14-13-19-37(29-32)51-44-23-11-9-21-39(44)47-45(51)27-26-42-46(47)38-20-8-10-22-41(38)48(42,2)3/h5-23,26-30,34,43H,4,24-25,50H2,1-3H3/b40-30+. The van der Waals surface area contributed by atoms with Crippen LogP contribution in [0.3, 0.4) is 0 Å². The van der Waals surface area contributed by atoms with Crippen molar-refractivity contribution in [2.75, 3.05) is 0 Å². The van der Waals surface area contributed by atoms with E-state index in [0.717, 1.165) is 24.8 Å². The number of benzene rings is 6. The third kappa shape index (κ3) is 5.67. The van der Waals surface area contributed by atoms with Gasteiger partial charge in [-0.2, -0.15) is 5.26 Å². The molecule has 7 aromatic rings. The first-order valence-corrected chi connectivity index (χ1v) is 18.2. The van der Waals surface area contributed by atoms with Crippen molar-refractivity contribution in [2.45, 2.75) is 51.5 Å². The zero-order chi connectivity index (χ0) is 35.1. The van der Waals surface area contributed by atoms with Gasteiger partial charge >= 0.3 is 0 Å². The highest BCUT2D eigenvalue weighted by Crippen LogP contribution is 2.53. The predicted molar refractivity (Wildman–Crippen MR) is 213 cm³/mol. The van der Waals surface area contributed by atoms with Crippen LogP contribution in [0.2, 0.25) is 0 Å². The van der Waals surface area contributed by atoms with Gasteiger partial charge in [-0.1, -0.05) is 130 Å². The van der Waals surface area contributed by atoms with E-state index in [9.17, 15) is 5.26 Å². The Labute approximate surface area is 301 Å². The molecule has 3 nitrogen and oxygen atoms in total. The molecule has 0 aliphatic heterocycles. The van der Waals surface area contributed by atoms with E-state index in [4.69, 9.17) is 5.73 Å². The molecule has 2 unspecified atom stereocenters. The lowest BCUT2D eigenvalue weighted by molar-refractivity contribution is 0.586. The number of rotatable bonds is 9. The van der Waals surface area contributed by atoms with Gasteiger partial charge in [0.25, 0.3) is 0 Å². The Hall–Kier alpha value is -5.69. The lowest BCUT2D eigenvalue weighted by atomic mass is 9.82. The summed E-state index contributed by atoms with van der Waals surface area (Å²) in [7, 11) is 0. The molecule has 0 fully saturated rings. The largest absolute Gasteiger partial charge is 0.321 e. The molecule has 0 radical (unpaired) electrons. The van der Waals surface area contributed by atoms with Crippen LogP contribution < -0.4 is 5.73 Å². The minimum atomic E-state index is -0.305. The van der Waals surface area contributed by atoms with Crippen LogP contribution in [0, 0.1) is 17.2 Å². The fraction of sp³-hybridized carbons (Fsp3) is 0.188. The van der Waals surface area contributed by atoms with Gasteiger partial charge in [-0.15, -0.1) is 0 Å². The van der Waals surface area contributed by atoms with Crippen LogP contribution in [0.4, 0.5) is 0 Å². The first-order chi connectivity index (χ1) is 24.9. The van der Waals surface area contributed by atoms with Crippen LogP contribution in [-0.2, 0) is 11.8 Å². The van der Waals surface area contributed by atoms with E-state index in [0.29, 0.717) is 11.5 Å². The summed E-state index contributed by atoms with van der Waals surface area (Å²) < 4.78 is 2.46. The van der Waals surface area contributed by atoms with Crippen molar-refractivity contribution in [2.24, 2.45) is 11.7 Å². The Morgan fingerprint density at radius 2 is 1.55 bits per heavy atom. The quantitative estimate of drug-likeness (QED) is 0.167. The summed E-state index contributed by atoms with van der Waals surface area (Å²) in [5.41, 5.74) is 21.3. The third-order valence-electron chi connectivity index (χ3n) is 11.1. The molecule has 250 valence electrons. The highest BCUT2D eigenvalue weighted by atomic mass is 15.0. The number of aromatic nitrogens is 1. The summed E-state index contributed by atoms with van der Waals surface area (Å²) in [5.74, 6) is 0.320. The molecular weight excluding hydrogens is 619 g/mol. The van der Waals surface area contributed by atoms with Gasteiger partial charge in [-0.3, -0.25) is 0 Å². The van der Waals surface area contributed by atoms with Gasteiger partial charge in [0.2, 0.25) is 0 Å². The van der Waals surface area contributed by atoms with Crippen molar-refractivity contribution < 1.29 is 0 Å². The second-order valence-corrected chi connectivity index (χ2v) is 14.5. The maximum atomic E-state index is 9.48. The molecule has 2 N–H and O–H groups in total. The van der Waals surface area contributed by atoms with Crippen molar-refractivity contribution >= 4 is 27.4 Å². The first-order valence-electron chi connectivity index (χ1n) is 18.2. The Morgan fingerprint density at radius 1 is 0.784 bits per heavy atom. The zero-order valence-electron chi connectivity index (χ0n) is 29.6. The Balaban J connectivity index is 1.16. The molecule has 3 heteroatoms. The fourth-order valence-corrected chi connectivity index (χ4v) is 8.51. The molecule has 1 aliphatic carbocycles. The van der Waals surface area contributed by atoms with Gasteiger partial charge in [0.1, 0.15) is 0 Å². The van der Waals surface area contributed by atoms with E-state index in [-0.39, 0.29) is 11.5 Å². The Kier molecular flexibility index (Phi) is 8.42. The number of para-hydroxylation sites is 1. The summed E-state index contributed by atoms with van der Waals surface area (Å²) in [4.78, 5) is 0. The highest BCUT2D eigenvalue weighted by molar-refractivity contribution is 6.17. The first kappa shape index (κ1) is 32.5. The molecule has 0 saturated carbocycles. The van der Waals surface area contributed by atoms with Crippen LogP contribution in [0.1, 0.15) is 73.0 Å². The molecule has 6 aromatic carbocycles. The van der Waals surface area contributed by atoms with Crippen LogP contribution >= 0.6 is 0 Å². The summed E-state index contributed by atoms with van der Waals surface area (Å²) in [6.07, 6.45) is 5.16. The number of nitrogens with zero attached hydrogens (tertiary/aromatic N) is 2. The van der Waals surface area contributed by atoms with Crippen LogP contribution in [0.15, 0.2) is 146 Å². The minimum absolute atomic E-state index is 0.0449. The van der Waals surface area contributed by atoms with Crippen molar-refractivity contribution in [3.8, 4) is 22.9 Å². The fourth-order valence-electron chi connectivity index (χ4n) is 8.51. The Bertz CT molecular complexity index is 2470. The van der Waals surface area contributed by atoms with Gasteiger partial charge in [0, 0.05) is 27.9 Å². The number of allylic oxidation sites excluding steroid dienone is 1. The average Bonchev–Trinajstić information content (AvgIpc) is 3.63. The Morgan fingerprint density at radius 3 is 2.37 bits per heavy atom. The smallest absolute Gasteiger partial charge is 0.0991 e. The van der Waals surface area contributed by atoms with Crippen molar-refractivity contribution in [1.29, 1.82) is 5.26 Å². The summed E-state index contributed by atoms with van der Waals surface area (Å²) in [6.45, 7) is 6.98. The topological polar surface area (TPSA) is 54.7 Å². The maximum Gasteiger partial charge on any atom is 0.0991 e. The summed E-state index contributed by atoms with van der Waals surface area (Å²) in [5, 5.41) is 12.1. The molecular formula is C48H43N3. The number of nitrogens with two attached hydrogens (primary N) is 1.